The fourth-order valence-electron chi connectivity index (χ4n) is 2.14. The van der Waals surface area contributed by atoms with Gasteiger partial charge in [0.15, 0.2) is 0 Å². The van der Waals surface area contributed by atoms with Crippen LogP contribution in [0, 0.1) is 11.9 Å². The zero-order valence-corrected chi connectivity index (χ0v) is 9.95. The summed E-state index contributed by atoms with van der Waals surface area (Å²) in [7, 11) is 0. The molecular formula is C12H12F4N2O. The van der Waals surface area contributed by atoms with Crippen molar-refractivity contribution >= 4 is 5.91 Å². The van der Waals surface area contributed by atoms with Crippen LogP contribution in [0.4, 0.5) is 17.6 Å². The zero-order chi connectivity index (χ0) is 14.0. The molecule has 1 aliphatic heterocycles. The molecule has 1 aromatic heterocycles. The number of pyridine rings is 1. The molecule has 0 aliphatic carbocycles. The maximum atomic E-state index is 13.3. The van der Waals surface area contributed by atoms with Crippen molar-refractivity contribution in [3.63, 3.8) is 0 Å². The van der Waals surface area contributed by atoms with Crippen molar-refractivity contribution < 1.29 is 22.4 Å². The Balaban J connectivity index is 2.14. The molecule has 0 radical (unpaired) electrons. The van der Waals surface area contributed by atoms with Crippen molar-refractivity contribution in [2.45, 2.75) is 19.0 Å². The van der Waals surface area contributed by atoms with Gasteiger partial charge in [-0.05, 0) is 25.0 Å². The number of carbonyl (C=O) groups is 1. The van der Waals surface area contributed by atoms with Crippen molar-refractivity contribution in [2.24, 2.45) is 5.92 Å². The lowest BCUT2D eigenvalue weighted by atomic mass is 9.97. The van der Waals surface area contributed by atoms with Crippen LogP contribution < -0.4 is 0 Å². The van der Waals surface area contributed by atoms with E-state index in [-0.39, 0.29) is 24.9 Å². The Morgan fingerprint density at radius 1 is 1.42 bits per heavy atom. The summed E-state index contributed by atoms with van der Waals surface area (Å²) >= 11 is 0. The van der Waals surface area contributed by atoms with E-state index in [2.05, 4.69) is 4.98 Å². The summed E-state index contributed by atoms with van der Waals surface area (Å²) in [5.74, 6) is -3.23. The van der Waals surface area contributed by atoms with E-state index in [1.54, 1.807) is 0 Å². The summed E-state index contributed by atoms with van der Waals surface area (Å²) in [4.78, 5) is 16.3. The molecule has 0 spiro atoms. The quantitative estimate of drug-likeness (QED) is 0.583. The lowest BCUT2D eigenvalue weighted by Crippen LogP contribution is -2.44. The van der Waals surface area contributed by atoms with Gasteiger partial charge in [0.25, 0.3) is 5.91 Å². The fraction of sp³-hybridized carbons (Fsp3) is 0.500. The molecule has 1 atom stereocenters. The number of piperidine rings is 1. The van der Waals surface area contributed by atoms with Crippen molar-refractivity contribution in [3.8, 4) is 0 Å². The minimum atomic E-state index is -4.33. The smallest absolute Gasteiger partial charge is 0.338 e. The molecule has 1 aliphatic rings. The number of carbonyl (C=O) groups excluding carboxylic acids is 1. The molecule has 1 saturated heterocycles. The number of aromatic nitrogens is 1. The Bertz CT molecular complexity index is 475. The van der Waals surface area contributed by atoms with Crippen LogP contribution in [0.1, 0.15) is 23.2 Å². The van der Waals surface area contributed by atoms with Gasteiger partial charge < -0.3 is 4.90 Å². The van der Waals surface area contributed by atoms with Gasteiger partial charge in [0.2, 0.25) is 5.95 Å². The van der Waals surface area contributed by atoms with Crippen molar-refractivity contribution in [1.82, 2.24) is 9.88 Å². The maximum absolute atomic E-state index is 13.3. The van der Waals surface area contributed by atoms with Crippen molar-refractivity contribution in [2.75, 3.05) is 13.1 Å². The van der Waals surface area contributed by atoms with E-state index in [0.29, 0.717) is 0 Å². The highest BCUT2D eigenvalue weighted by molar-refractivity contribution is 5.94. The van der Waals surface area contributed by atoms with Gasteiger partial charge in [0, 0.05) is 19.3 Å². The third kappa shape index (κ3) is 3.02. The summed E-state index contributed by atoms with van der Waals surface area (Å²) < 4.78 is 51.3. The number of alkyl halides is 3. The van der Waals surface area contributed by atoms with Crippen LogP contribution in [0.15, 0.2) is 18.3 Å². The minimum Gasteiger partial charge on any atom is -0.338 e. The van der Waals surface area contributed by atoms with Crippen LogP contribution in [0.5, 0.6) is 0 Å². The highest BCUT2D eigenvalue weighted by Crippen LogP contribution is 2.33. The van der Waals surface area contributed by atoms with E-state index in [1.165, 1.54) is 18.3 Å². The number of nitrogens with zero attached hydrogens (tertiary/aromatic N) is 2. The van der Waals surface area contributed by atoms with E-state index < -0.39 is 30.5 Å². The summed E-state index contributed by atoms with van der Waals surface area (Å²) in [6, 6.07) is 2.60. The van der Waals surface area contributed by atoms with E-state index >= 15 is 0 Å². The molecule has 7 heteroatoms. The number of halogens is 4. The molecule has 19 heavy (non-hydrogen) atoms. The first-order chi connectivity index (χ1) is 8.89. The van der Waals surface area contributed by atoms with Crippen molar-refractivity contribution in [3.05, 3.63) is 29.8 Å². The maximum Gasteiger partial charge on any atom is 0.393 e. The van der Waals surface area contributed by atoms with Crippen LogP contribution in [0.25, 0.3) is 0 Å². The van der Waals surface area contributed by atoms with E-state index in [0.717, 1.165) is 4.90 Å². The first-order valence-electron chi connectivity index (χ1n) is 5.86. The second kappa shape index (κ2) is 5.14. The van der Waals surface area contributed by atoms with Gasteiger partial charge in [0.05, 0.1) is 11.5 Å². The summed E-state index contributed by atoms with van der Waals surface area (Å²) in [6.07, 6.45) is -2.88. The molecular weight excluding hydrogens is 264 g/mol. The highest BCUT2D eigenvalue weighted by atomic mass is 19.4. The van der Waals surface area contributed by atoms with Crippen LogP contribution in [0.2, 0.25) is 0 Å². The molecule has 0 aromatic carbocycles. The third-order valence-corrected chi connectivity index (χ3v) is 3.16. The predicted molar refractivity (Wildman–Crippen MR) is 58.9 cm³/mol. The Kier molecular flexibility index (Phi) is 3.73. The standard InChI is InChI=1S/C12H12F4N2O/c13-10-9(4-1-5-17-10)11(19)18-6-2-3-8(7-18)12(14,15)16/h1,4-5,8H,2-3,6-7H2. The largest absolute Gasteiger partial charge is 0.393 e. The topological polar surface area (TPSA) is 33.2 Å². The molecule has 0 saturated carbocycles. The first kappa shape index (κ1) is 13.8. The van der Waals surface area contributed by atoms with E-state index in [4.69, 9.17) is 0 Å². The Hall–Kier alpha value is -1.66. The Labute approximate surface area is 107 Å². The van der Waals surface area contributed by atoms with E-state index in [1.807, 2.05) is 0 Å². The molecule has 1 unspecified atom stereocenters. The highest BCUT2D eigenvalue weighted by Gasteiger charge is 2.42. The van der Waals surface area contributed by atoms with Crippen LogP contribution in [-0.2, 0) is 0 Å². The minimum absolute atomic E-state index is 0.00278. The lowest BCUT2D eigenvalue weighted by Gasteiger charge is -2.33. The van der Waals surface area contributed by atoms with E-state index in [9.17, 15) is 22.4 Å². The normalized spacial score (nSPS) is 20.4. The summed E-state index contributed by atoms with van der Waals surface area (Å²) in [5, 5.41) is 0. The molecule has 0 bridgehead atoms. The SMILES string of the molecule is O=C(c1cccnc1F)N1CCCC(C(F)(F)F)C1. The van der Waals surface area contributed by atoms with Gasteiger partial charge in [-0.2, -0.15) is 17.6 Å². The molecule has 2 heterocycles. The van der Waals surface area contributed by atoms with Gasteiger partial charge >= 0.3 is 6.18 Å². The van der Waals surface area contributed by atoms with Gasteiger partial charge in [-0.25, -0.2) is 4.98 Å². The van der Waals surface area contributed by atoms with Crippen molar-refractivity contribution in [1.29, 1.82) is 0 Å². The fourth-order valence-corrected chi connectivity index (χ4v) is 2.14. The first-order valence-corrected chi connectivity index (χ1v) is 5.86. The van der Waals surface area contributed by atoms with Crippen LogP contribution >= 0.6 is 0 Å². The molecule has 1 amide bonds. The van der Waals surface area contributed by atoms with Crippen LogP contribution in [-0.4, -0.2) is 35.1 Å². The number of amides is 1. The van der Waals surface area contributed by atoms with Gasteiger partial charge in [-0.3, -0.25) is 4.79 Å². The third-order valence-electron chi connectivity index (χ3n) is 3.16. The molecule has 0 N–H and O–H groups in total. The molecule has 2 rings (SSSR count). The number of likely N-dealkylation sites (tertiary alicyclic amines) is 1. The monoisotopic (exact) mass is 276 g/mol. The Morgan fingerprint density at radius 3 is 2.79 bits per heavy atom. The average Bonchev–Trinajstić information content (AvgIpc) is 2.38. The predicted octanol–water partition coefficient (Wildman–Crippen LogP) is 2.64. The van der Waals surface area contributed by atoms with Crippen LogP contribution in [0.3, 0.4) is 0 Å². The average molecular weight is 276 g/mol. The number of rotatable bonds is 1. The molecule has 1 aromatic rings. The zero-order valence-electron chi connectivity index (χ0n) is 9.95. The lowest BCUT2D eigenvalue weighted by molar-refractivity contribution is -0.184. The van der Waals surface area contributed by atoms with Gasteiger partial charge in [-0.1, -0.05) is 0 Å². The summed E-state index contributed by atoms with van der Waals surface area (Å²) in [6.45, 7) is -0.212. The molecule has 1 fully saturated rings. The molecule has 104 valence electrons. The number of hydrogen-bond acceptors (Lipinski definition) is 2. The molecule has 3 nitrogen and oxygen atoms in total. The summed E-state index contributed by atoms with van der Waals surface area (Å²) in [5.41, 5.74) is -0.287. The van der Waals surface area contributed by atoms with Gasteiger partial charge in [-0.15, -0.1) is 0 Å². The van der Waals surface area contributed by atoms with Gasteiger partial charge in [0.1, 0.15) is 0 Å². The second-order valence-electron chi connectivity index (χ2n) is 4.47. The second-order valence-corrected chi connectivity index (χ2v) is 4.47. The Morgan fingerprint density at radius 2 is 2.16 bits per heavy atom. The number of hydrogen-bond donors (Lipinski definition) is 0.